The van der Waals surface area contributed by atoms with E-state index in [0.29, 0.717) is 0 Å². The Morgan fingerprint density at radius 2 is 2.18 bits per heavy atom. The van der Waals surface area contributed by atoms with Crippen LogP contribution in [0.5, 0.6) is 0 Å². The summed E-state index contributed by atoms with van der Waals surface area (Å²) in [4.78, 5) is 11.4. The summed E-state index contributed by atoms with van der Waals surface area (Å²) in [5.41, 5.74) is 0.291. The first-order chi connectivity index (χ1) is 7.99. The van der Waals surface area contributed by atoms with Gasteiger partial charge in [-0.2, -0.15) is 0 Å². The Balaban J connectivity index is 3.26. The van der Waals surface area contributed by atoms with E-state index in [2.05, 4.69) is 4.74 Å². The minimum Gasteiger partial charge on any atom is -0.772 e. The lowest BCUT2D eigenvalue weighted by molar-refractivity contribution is 0.0598. The summed E-state index contributed by atoms with van der Waals surface area (Å²) in [7, 11) is 1.16. The van der Waals surface area contributed by atoms with Gasteiger partial charge in [0.2, 0.25) is 0 Å². The van der Waals surface area contributed by atoms with Crippen molar-refractivity contribution in [2.45, 2.75) is 12.4 Å². The molecule has 0 saturated heterocycles. The van der Waals surface area contributed by atoms with Crippen molar-refractivity contribution in [2.75, 3.05) is 7.11 Å². The van der Waals surface area contributed by atoms with Gasteiger partial charge in [-0.1, -0.05) is 22.7 Å². The molecule has 1 aromatic carbocycles. The predicted molar refractivity (Wildman–Crippen MR) is 60.2 cm³/mol. The molecule has 0 N–H and O–H groups in total. The second-order valence-corrected chi connectivity index (χ2v) is 4.48. The maximum absolute atomic E-state index is 12.7. The second-order valence-electron chi connectivity index (χ2n) is 3.17. The van der Waals surface area contributed by atoms with Crippen molar-refractivity contribution < 1.29 is 22.7 Å². The highest BCUT2D eigenvalue weighted by Gasteiger charge is 2.15. The summed E-state index contributed by atoms with van der Waals surface area (Å²) in [6, 6.07) is 2.47. The van der Waals surface area contributed by atoms with Crippen molar-refractivity contribution in [1.82, 2.24) is 0 Å². The molecule has 0 spiro atoms. The van der Waals surface area contributed by atoms with Gasteiger partial charge < -0.3 is 9.29 Å². The van der Waals surface area contributed by atoms with Crippen LogP contribution in [0.3, 0.4) is 0 Å². The summed E-state index contributed by atoms with van der Waals surface area (Å²) in [6.45, 7) is -0.884. The Morgan fingerprint density at radius 1 is 1.53 bits per heavy atom. The van der Waals surface area contributed by atoms with Gasteiger partial charge >= 0.3 is 5.97 Å². The highest BCUT2D eigenvalue weighted by molar-refractivity contribution is 7.78. The summed E-state index contributed by atoms with van der Waals surface area (Å²) in [6.07, 6.45) is 0. The summed E-state index contributed by atoms with van der Waals surface area (Å²) in [5.74, 6) is -1.07. The van der Waals surface area contributed by atoms with Crippen LogP contribution >= 0.6 is 11.6 Å². The molecule has 0 aliphatic carbocycles. The van der Waals surface area contributed by atoms with E-state index in [4.69, 9.17) is 11.6 Å². The topological polar surface area (TPSA) is 66.4 Å². The van der Waals surface area contributed by atoms with E-state index in [9.17, 15) is 17.9 Å². The van der Waals surface area contributed by atoms with Crippen LogP contribution in [0, 0.1) is 0 Å². The SMILES string of the molecule is COC(=O)c1cc(CS(=O)[O-])c(Cl)cc1CF. The molecule has 0 aliphatic rings. The van der Waals surface area contributed by atoms with E-state index in [1.807, 2.05) is 0 Å². The smallest absolute Gasteiger partial charge is 0.338 e. The number of carbonyl (C=O) groups is 1. The van der Waals surface area contributed by atoms with E-state index in [0.717, 1.165) is 7.11 Å². The third-order valence-corrected chi connectivity index (χ3v) is 2.99. The molecule has 0 amide bonds. The van der Waals surface area contributed by atoms with E-state index >= 15 is 0 Å². The van der Waals surface area contributed by atoms with E-state index in [1.165, 1.54) is 12.1 Å². The number of methoxy groups -OCH3 is 1. The van der Waals surface area contributed by atoms with Gasteiger partial charge in [0.25, 0.3) is 0 Å². The number of halogens is 2. The van der Waals surface area contributed by atoms with Crippen molar-refractivity contribution in [3.05, 3.63) is 33.8 Å². The van der Waals surface area contributed by atoms with Crippen molar-refractivity contribution >= 4 is 28.7 Å². The molecule has 1 aromatic rings. The number of benzene rings is 1. The van der Waals surface area contributed by atoms with Gasteiger partial charge in [-0.05, 0) is 23.3 Å². The molecule has 1 rings (SSSR count). The monoisotopic (exact) mass is 279 g/mol. The number of ether oxygens (including phenoxy) is 1. The normalized spacial score (nSPS) is 12.2. The maximum Gasteiger partial charge on any atom is 0.338 e. The standard InChI is InChI=1S/C10H10ClFO4S/c1-16-10(13)8-2-7(5-17(14)15)9(11)3-6(8)4-12/h2-3H,4-5H2,1H3,(H,14,15)/p-1. The Bertz CT molecular complexity index is 464. The van der Waals surface area contributed by atoms with Gasteiger partial charge in [0.05, 0.1) is 12.7 Å². The molecule has 0 bridgehead atoms. The van der Waals surface area contributed by atoms with E-state index in [-0.39, 0.29) is 27.5 Å². The second kappa shape index (κ2) is 6.09. The fourth-order valence-electron chi connectivity index (χ4n) is 1.31. The quantitative estimate of drug-likeness (QED) is 0.624. The van der Waals surface area contributed by atoms with Crippen LogP contribution in [0.2, 0.25) is 5.02 Å². The molecule has 7 heteroatoms. The zero-order valence-corrected chi connectivity index (χ0v) is 10.4. The van der Waals surface area contributed by atoms with Crippen LogP contribution < -0.4 is 0 Å². The van der Waals surface area contributed by atoms with Crippen molar-refractivity contribution in [2.24, 2.45) is 0 Å². The lowest BCUT2D eigenvalue weighted by atomic mass is 10.1. The fraction of sp³-hybridized carbons (Fsp3) is 0.300. The molecular formula is C10H9ClFO4S-. The predicted octanol–water partition coefficient (Wildman–Crippen LogP) is 1.98. The van der Waals surface area contributed by atoms with Gasteiger partial charge in [0, 0.05) is 10.8 Å². The third-order valence-electron chi connectivity index (χ3n) is 2.09. The van der Waals surface area contributed by atoms with Crippen LogP contribution in [0.15, 0.2) is 12.1 Å². The van der Waals surface area contributed by atoms with Crippen molar-refractivity contribution in [3.63, 3.8) is 0 Å². The zero-order chi connectivity index (χ0) is 13.0. The van der Waals surface area contributed by atoms with Gasteiger partial charge in [0.1, 0.15) is 6.67 Å². The summed E-state index contributed by atoms with van der Waals surface area (Å²) < 4.78 is 38.3. The number of hydrogen-bond acceptors (Lipinski definition) is 4. The molecule has 4 nitrogen and oxygen atoms in total. The lowest BCUT2D eigenvalue weighted by Gasteiger charge is -2.11. The molecule has 17 heavy (non-hydrogen) atoms. The minimum atomic E-state index is -2.34. The molecular weight excluding hydrogens is 271 g/mol. The van der Waals surface area contributed by atoms with Crippen molar-refractivity contribution in [1.29, 1.82) is 0 Å². The minimum absolute atomic E-state index is 0.0140. The first-order valence-corrected chi connectivity index (χ1v) is 6.13. The molecule has 0 saturated carbocycles. The molecule has 0 aliphatic heterocycles. The fourth-order valence-corrected chi connectivity index (χ4v) is 2.13. The molecule has 1 atom stereocenters. The third kappa shape index (κ3) is 3.49. The Hall–Kier alpha value is -0.980. The lowest BCUT2D eigenvalue weighted by Crippen LogP contribution is -2.07. The maximum atomic E-state index is 12.7. The van der Waals surface area contributed by atoms with E-state index in [1.54, 1.807) is 0 Å². The first kappa shape index (κ1) is 14.1. The summed E-state index contributed by atoms with van der Waals surface area (Å²) >= 11 is 3.44. The van der Waals surface area contributed by atoms with E-state index < -0.39 is 23.7 Å². The van der Waals surface area contributed by atoms with Gasteiger partial charge in [-0.3, -0.25) is 4.21 Å². The molecule has 0 fully saturated rings. The van der Waals surface area contributed by atoms with Crippen LogP contribution in [-0.4, -0.2) is 21.8 Å². The number of rotatable bonds is 4. The Kier molecular flexibility index (Phi) is 5.04. The van der Waals surface area contributed by atoms with Crippen LogP contribution in [0.4, 0.5) is 4.39 Å². The molecule has 94 valence electrons. The molecule has 0 radical (unpaired) electrons. The van der Waals surface area contributed by atoms with Crippen LogP contribution in [0.1, 0.15) is 21.5 Å². The first-order valence-electron chi connectivity index (χ1n) is 4.51. The van der Waals surface area contributed by atoms with Gasteiger partial charge in [-0.15, -0.1) is 0 Å². The molecule has 0 heterocycles. The Morgan fingerprint density at radius 3 is 2.65 bits per heavy atom. The Labute approximate surface area is 105 Å². The highest BCUT2D eigenvalue weighted by atomic mass is 35.5. The summed E-state index contributed by atoms with van der Waals surface area (Å²) in [5, 5.41) is 0.106. The largest absolute Gasteiger partial charge is 0.772 e. The number of alkyl halides is 1. The average molecular weight is 280 g/mol. The molecule has 1 unspecified atom stereocenters. The highest BCUT2D eigenvalue weighted by Crippen LogP contribution is 2.24. The number of esters is 1. The van der Waals surface area contributed by atoms with Gasteiger partial charge in [0.15, 0.2) is 0 Å². The number of hydrogen-bond donors (Lipinski definition) is 0. The number of carbonyl (C=O) groups excluding carboxylic acids is 1. The molecule has 0 aromatic heterocycles. The van der Waals surface area contributed by atoms with Crippen LogP contribution in [0.25, 0.3) is 0 Å². The van der Waals surface area contributed by atoms with Gasteiger partial charge in [-0.25, -0.2) is 9.18 Å². The van der Waals surface area contributed by atoms with Crippen LogP contribution in [-0.2, 0) is 28.2 Å². The zero-order valence-electron chi connectivity index (χ0n) is 8.87. The average Bonchev–Trinajstić information content (AvgIpc) is 2.29. The van der Waals surface area contributed by atoms with Crippen molar-refractivity contribution in [3.8, 4) is 0 Å².